The molecule has 0 aromatic heterocycles. The topological polar surface area (TPSA) is 24.1 Å². The molecule has 4 unspecified atom stereocenters. The summed E-state index contributed by atoms with van der Waals surface area (Å²) in [6.45, 7) is 2.79. The summed E-state index contributed by atoms with van der Waals surface area (Å²) < 4.78 is 0. The fourth-order valence-electron chi connectivity index (χ4n) is 4.09. The van der Waals surface area contributed by atoms with Gasteiger partial charge in [-0.1, -0.05) is 5.92 Å². The van der Waals surface area contributed by atoms with Crippen molar-refractivity contribution < 1.29 is 0 Å². The first-order valence-corrected chi connectivity index (χ1v) is 6.29. The van der Waals surface area contributed by atoms with E-state index in [2.05, 4.69) is 16.6 Å². The van der Waals surface area contributed by atoms with Crippen LogP contribution < -0.4 is 10.6 Å². The molecule has 0 amide bonds. The van der Waals surface area contributed by atoms with Gasteiger partial charge in [-0.3, -0.25) is 0 Å². The summed E-state index contributed by atoms with van der Waals surface area (Å²) in [5.41, 5.74) is 0. The van der Waals surface area contributed by atoms with Crippen LogP contribution in [0.5, 0.6) is 0 Å². The van der Waals surface area contributed by atoms with E-state index in [1.54, 1.807) is 6.42 Å². The van der Waals surface area contributed by atoms with Gasteiger partial charge in [-0.15, -0.1) is 6.42 Å². The van der Waals surface area contributed by atoms with Crippen molar-refractivity contribution in [3.05, 3.63) is 0 Å². The minimum absolute atomic E-state index is 0.699. The highest BCUT2D eigenvalue weighted by Gasteiger charge is 2.64. The molecule has 3 fully saturated rings. The third-order valence-electron chi connectivity index (χ3n) is 4.64. The molecule has 0 saturated heterocycles. The Hall–Kier alpha value is -0.520. The first-order chi connectivity index (χ1) is 7.42. The van der Waals surface area contributed by atoms with Gasteiger partial charge in [0, 0.05) is 19.1 Å². The van der Waals surface area contributed by atoms with Gasteiger partial charge in [0.1, 0.15) is 0 Å². The maximum atomic E-state index is 5.17. The number of fused-ring (bicyclic) bond motifs is 5. The lowest BCUT2D eigenvalue weighted by Gasteiger charge is -2.10. The summed E-state index contributed by atoms with van der Waals surface area (Å²) in [5, 5.41) is 6.91. The van der Waals surface area contributed by atoms with Gasteiger partial charge in [-0.25, -0.2) is 0 Å². The average molecular weight is 204 g/mol. The number of terminal acetylenes is 1. The largest absolute Gasteiger partial charge is 0.312 e. The summed E-state index contributed by atoms with van der Waals surface area (Å²) in [4.78, 5) is 0. The molecule has 3 rings (SSSR count). The van der Waals surface area contributed by atoms with Crippen LogP contribution in [0.4, 0.5) is 0 Å². The van der Waals surface area contributed by atoms with E-state index < -0.39 is 0 Å². The predicted molar refractivity (Wildman–Crippen MR) is 61.3 cm³/mol. The van der Waals surface area contributed by atoms with Crippen molar-refractivity contribution in [2.24, 2.45) is 23.7 Å². The number of hydrogen-bond donors (Lipinski definition) is 2. The van der Waals surface area contributed by atoms with Gasteiger partial charge < -0.3 is 10.6 Å². The average Bonchev–Trinajstić information content (AvgIpc) is 2.67. The van der Waals surface area contributed by atoms with E-state index in [9.17, 15) is 0 Å². The molecule has 0 heterocycles. The Kier molecular flexibility index (Phi) is 2.46. The highest BCUT2D eigenvalue weighted by molar-refractivity contribution is 5.16. The van der Waals surface area contributed by atoms with Gasteiger partial charge in [0.05, 0.1) is 6.54 Å². The highest BCUT2D eigenvalue weighted by atomic mass is 15.0. The molecule has 0 spiro atoms. The molecular weight excluding hydrogens is 184 g/mol. The third kappa shape index (κ3) is 1.58. The SMILES string of the molecule is C#CCNCCNC1C2C3CCC(C3)C12. The number of hydrogen-bond acceptors (Lipinski definition) is 2. The van der Waals surface area contributed by atoms with Gasteiger partial charge in [0.15, 0.2) is 0 Å². The van der Waals surface area contributed by atoms with Gasteiger partial charge in [0.2, 0.25) is 0 Å². The lowest BCUT2D eigenvalue weighted by Crippen LogP contribution is -2.31. The van der Waals surface area contributed by atoms with Gasteiger partial charge >= 0.3 is 0 Å². The summed E-state index contributed by atoms with van der Waals surface area (Å²) in [6, 6.07) is 0.865. The van der Waals surface area contributed by atoms with E-state index in [0.29, 0.717) is 6.54 Å². The Morgan fingerprint density at radius 3 is 2.53 bits per heavy atom. The zero-order chi connectivity index (χ0) is 10.3. The zero-order valence-corrected chi connectivity index (χ0v) is 9.21. The van der Waals surface area contributed by atoms with Crippen LogP contribution in [0.1, 0.15) is 19.3 Å². The van der Waals surface area contributed by atoms with Gasteiger partial charge in [0.25, 0.3) is 0 Å². The molecular formula is C13H20N2. The van der Waals surface area contributed by atoms with Crippen LogP contribution in [0.2, 0.25) is 0 Å². The molecule has 3 saturated carbocycles. The molecule has 2 bridgehead atoms. The van der Waals surface area contributed by atoms with Crippen LogP contribution >= 0.6 is 0 Å². The second-order valence-corrected chi connectivity index (χ2v) is 5.35. The normalized spacial score (nSPS) is 45.1. The lowest BCUT2D eigenvalue weighted by atomic mass is 10.0. The molecule has 3 aliphatic rings. The fourth-order valence-corrected chi connectivity index (χ4v) is 4.09. The lowest BCUT2D eigenvalue weighted by molar-refractivity contribution is 0.456. The van der Waals surface area contributed by atoms with E-state index in [-0.39, 0.29) is 0 Å². The van der Waals surface area contributed by atoms with Crippen molar-refractivity contribution >= 4 is 0 Å². The highest BCUT2D eigenvalue weighted by Crippen LogP contribution is 2.65. The predicted octanol–water partition coefficient (Wildman–Crippen LogP) is 0.843. The van der Waals surface area contributed by atoms with Crippen LogP contribution in [-0.2, 0) is 0 Å². The maximum absolute atomic E-state index is 5.17. The molecule has 15 heavy (non-hydrogen) atoms. The Balaban J connectivity index is 1.36. The fraction of sp³-hybridized carbons (Fsp3) is 0.846. The van der Waals surface area contributed by atoms with Crippen molar-refractivity contribution in [2.75, 3.05) is 19.6 Å². The molecule has 0 aliphatic heterocycles. The number of rotatable bonds is 5. The van der Waals surface area contributed by atoms with Crippen molar-refractivity contribution in [1.82, 2.24) is 10.6 Å². The minimum Gasteiger partial charge on any atom is -0.312 e. The zero-order valence-electron chi connectivity index (χ0n) is 9.21. The van der Waals surface area contributed by atoms with Crippen LogP contribution in [0.25, 0.3) is 0 Å². The molecule has 0 aromatic rings. The Morgan fingerprint density at radius 1 is 1.13 bits per heavy atom. The van der Waals surface area contributed by atoms with Gasteiger partial charge in [-0.05, 0) is 42.9 Å². The smallest absolute Gasteiger partial charge is 0.0574 e. The van der Waals surface area contributed by atoms with E-state index in [1.807, 2.05) is 0 Å². The van der Waals surface area contributed by atoms with Crippen molar-refractivity contribution in [3.8, 4) is 12.3 Å². The molecule has 3 aliphatic carbocycles. The standard InChI is InChI=1S/C13H20N2/c1-2-5-14-6-7-15-13-11-9-3-4-10(8-9)12(11)13/h1,9-15H,3-8H2. The van der Waals surface area contributed by atoms with E-state index in [1.165, 1.54) is 12.8 Å². The van der Waals surface area contributed by atoms with Gasteiger partial charge in [-0.2, -0.15) is 0 Å². The van der Waals surface area contributed by atoms with Crippen LogP contribution in [0, 0.1) is 36.0 Å². The van der Waals surface area contributed by atoms with E-state index >= 15 is 0 Å². The molecule has 2 nitrogen and oxygen atoms in total. The third-order valence-corrected chi connectivity index (χ3v) is 4.64. The van der Waals surface area contributed by atoms with Crippen molar-refractivity contribution in [3.63, 3.8) is 0 Å². The Morgan fingerprint density at radius 2 is 1.87 bits per heavy atom. The quantitative estimate of drug-likeness (QED) is 0.512. The van der Waals surface area contributed by atoms with Crippen molar-refractivity contribution in [1.29, 1.82) is 0 Å². The second kappa shape index (κ2) is 3.81. The maximum Gasteiger partial charge on any atom is 0.0574 e. The summed E-state index contributed by atoms with van der Waals surface area (Å²) >= 11 is 0. The van der Waals surface area contributed by atoms with Crippen LogP contribution in [0.3, 0.4) is 0 Å². The molecule has 2 N–H and O–H groups in total. The molecule has 82 valence electrons. The first kappa shape index (κ1) is 9.69. The van der Waals surface area contributed by atoms with E-state index in [0.717, 1.165) is 42.8 Å². The van der Waals surface area contributed by atoms with Crippen LogP contribution in [0.15, 0.2) is 0 Å². The summed E-state index contributed by atoms with van der Waals surface area (Å²) in [6.07, 6.45) is 9.74. The molecule has 4 atom stereocenters. The second-order valence-electron chi connectivity index (χ2n) is 5.35. The van der Waals surface area contributed by atoms with Crippen molar-refractivity contribution in [2.45, 2.75) is 25.3 Å². The molecule has 2 heteroatoms. The summed E-state index contributed by atoms with van der Waals surface area (Å²) in [5.74, 6) is 6.86. The van der Waals surface area contributed by atoms with E-state index in [4.69, 9.17) is 6.42 Å². The minimum atomic E-state index is 0.699. The Labute approximate surface area is 92.2 Å². The number of nitrogens with one attached hydrogen (secondary N) is 2. The monoisotopic (exact) mass is 204 g/mol. The molecule has 0 aromatic carbocycles. The van der Waals surface area contributed by atoms with Crippen LogP contribution in [-0.4, -0.2) is 25.7 Å². The summed E-state index contributed by atoms with van der Waals surface area (Å²) in [7, 11) is 0. The molecule has 0 radical (unpaired) electrons. The Bertz CT molecular complexity index is 265. The first-order valence-electron chi connectivity index (χ1n) is 6.29.